The Balaban J connectivity index is 1.68. The van der Waals surface area contributed by atoms with E-state index in [9.17, 15) is 4.79 Å². The molecule has 4 saturated carbocycles. The van der Waals surface area contributed by atoms with Crippen LogP contribution in [-0.4, -0.2) is 5.78 Å². The number of nitriles is 1. The number of benzene rings is 1. The van der Waals surface area contributed by atoms with Crippen molar-refractivity contribution < 1.29 is 4.79 Å². The van der Waals surface area contributed by atoms with Crippen molar-refractivity contribution in [3.8, 4) is 6.07 Å². The van der Waals surface area contributed by atoms with Gasteiger partial charge >= 0.3 is 0 Å². The number of nitrogens with zero attached hydrogens (tertiary/aromatic N) is 1. The SMILES string of the molecule is CC1(C(=O)c2ccc(C#N)cc2)C2CC3CC(C2)CC1C3. The van der Waals surface area contributed by atoms with Gasteiger partial charge in [0.15, 0.2) is 5.78 Å². The smallest absolute Gasteiger partial charge is 0.169 e. The minimum atomic E-state index is -0.165. The molecule has 4 aliphatic rings. The molecule has 1 aromatic rings. The van der Waals surface area contributed by atoms with E-state index in [1.165, 1.54) is 32.1 Å². The highest BCUT2D eigenvalue weighted by Gasteiger charge is 2.57. The average Bonchev–Trinajstić information content (AvgIpc) is 2.51. The minimum absolute atomic E-state index is 0.165. The molecule has 4 fully saturated rings. The van der Waals surface area contributed by atoms with Crippen molar-refractivity contribution in [3.63, 3.8) is 0 Å². The molecule has 108 valence electrons. The molecule has 0 heterocycles. The summed E-state index contributed by atoms with van der Waals surface area (Å²) in [6.07, 6.45) is 6.43. The third-order valence-electron chi connectivity index (χ3n) is 6.60. The van der Waals surface area contributed by atoms with Gasteiger partial charge in [0, 0.05) is 11.0 Å². The number of rotatable bonds is 2. The Morgan fingerprint density at radius 2 is 1.57 bits per heavy atom. The number of carbonyl (C=O) groups is 1. The largest absolute Gasteiger partial charge is 0.294 e. The first-order valence-corrected chi connectivity index (χ1v) is 8.16. The summed E-state index contributed by atoms with van der Waals surface area (Å²) in [6, 6.07) is 9.35. The van der Waals surface area contributed by atoms with Crippen LogP contribution < -0.4 is 0 Å². The zero-order valence-electron chi connectivity index (χ0n) is 12.5. The third kappa shape index (κ3) is 1.80. The van der Waals surface area contributed by atoms with Crippen molar-refractivity contribution >= 4 is 5.78 Å². The Bertz CT molecular complexity index is 594. The summed E-state index contributed by atoms with van der Waals surface area (Å²) in [5, 5.41) is 8.90. The Morgan fingerprint density at radius 1 is 1.05 bits per heavy atom. The fourth-order valence-corrected chi connectivity index (χ4v) is 5.54. The summed E-state index contributed by atoms with van der Waals surface area (Å²) < 4.78 is 0. The van der Waals surface area contributed by atoms with Gasteiger partial charge in [0.05, 0.1) is 11.6 Å². The fourth-order valence-electron chi connectivity index (χ4n) is 5.54. The standard InChI is InChI=1S/C19H21NO/c1-19(18(21)15-4-2-12(11-20)3-5-15)16-7-13-6-14(9-16)10-17(19)8-13/h2-5,13-14,16-17H,6-10H2,1H3. The highest BCUT2D eigenvalue weighted by Crippen LogP contribution is 2.62. The van der Waals surface area contributed by atoms with E-state index in [-0.39, 0.29) is 5.41 Å². The van der Waals surface area contributed by atoms with Crippen LogP contribution in [0.3, 0.4) is 0 Å². The van der Waals surface area contributed by atoms with E-state index >= 15 is 0 Å². The van der Waals surface area contributed by atoms with E-state index in [0.717, 1.165) is 17.4 Å². The molecule has 0 unspecified atom stereocenters. The van der Waals surface area contributed by atoms with Crippen LogP contribution in [0.1, 0.15) is 54.9 Å². The Kier molecular flexibility index (Phi) is 2.76. The lowest BCUT2D eigenvalue weighted by molar-refractivity contribution is -0.0762. The van der Waals surface area contributed by atoms with E-state index in [4.69, 9.17) is 5.26 Å². The number of Topliss-reactive ketones (excluding diaryl/α,β-unsaturated/α-hetero) is 1. The predicted octanol–water partition coefficient (Wildman–Crippen LogP) is 4.20. The number of hydrogen-bond donors (Lipinski definition) is 0. The van der Waals surface area contributed by atoms with E-state index in [2.05, 4.69) is 13.0 Å². The van der Waals surface area contributed by atoms with Crippen LogP contribution in [-0.2, 0) is 0 Å². The lowest BCUT2D eigenvalue weighted by Gasteiger charge is -2.59. The molecule has 0 aromatic heterocycles. The maximum atomic E-state index is 13.2. The number of hydrogen-bond acceptors (Lipinski definition) is 2. The molecule has 0 amide bonds. The molecule has 4 bridgehead atoms. The highest BCUT2D eigenvalue weighted by atomic mass is 16.1. The van der Waals surface area contributed by atoms with Crippen LogP contribution in [0.25, 0.3) is 0 Å². The molecule has 1 aromatic carbocycles. The lowest BCUT2D eigenvalue weighted by Crippen LogP contribution is -2.55. The zero-order chi connectivity index (χ0) is 14.6. The van der Waals surface area contributed by atoms with Gasteiger partial charge in [-0.15, -0.1) is 0 Å². The van der Waals surface area contributed by atoms with Crippen molar-refractivity contribution in [2.45, 2.75) is 39.0 Å². The normalized spacial score (nSPS) is 40.0. The second-order valence-corrected chi connectivity index (χ2v) is 7.61. The van der Waals surface area contributed by atoms with Crippen LogP contribution in [0.4, 0.5) is 0 Å². The van der Waals surface area contributed by atoms with Crippen LogP contribution in [0, 0.1) is 40.4 Å². The lowest BCUT2D eigenvalue weighted by atomic mass is 9.44. The van der Waals surface area contributed by atoms with Crippen LogP contribution >= 0.6 is 0 Å². The summed E-state index contributed by atoms with van der Waals surface area (Å²) >= 11 is 0. The molecular weight excluding hydrogens is 258 g/mol. The first-order valence-electron chi connectivity index (χ1n) is 8.16. The van der Waals surface area contributed by atoms with E-state index < -0.39 is 0 Å². The van der Waals surface area contributed by atoms with Crippen LogP contribution in [0.2, 0.25) is 0 Å². The maximum absolute atomic E-state index is 13.2. The highest BCUT2D eigenvalue weighted by molar-refractivity contribution is 6.01. The summed E-state index contributed by atoms with van der Waals surface area (Å²) in [7, 11) is 0. The molecule has 21 heavy (non-hydrogen) atoms. The van der Waals surface area contributed by atoms with Gasteiger partial charge in [-0.3, -0.25) is 4.79 Å². The molecule has 0 atom stereocenters. The van der Waals surface area contributed by atoms with Crippen molar-refractivity contribution in [2.24, 2.45) is 29.1 Å². The van der Waals surface area contributed by atoms with Gasteiger partial charge in [0.2, 0.25) is 0 Å². The first-order chi connectivity index (χ1) is 10.1. The van der Waals surface area contributed by atoms with Gasteiger partial charge in [0.25, 0.3) is 0 Å². The van der Waals surface area contributed by atoms with Gasteiger partial charge in [0.1, 0.15) is 0 Å². The van der Waals surface area contributed by atoms with Gasteiger partial charge < -0.3 is 0 Å². The topological polar surface area (TPSA) is 40.9 Å². The van der Waals surface area contributed by atoms with Crippen LogP contribution in [0.5, 0.6) is 0 Å². The van der Waals surface area contributed by atoms with E-state index in [1.807, 2.05) is 12.1 Å². The Labute approximate surface area is 126 Å². The number of ketones is 1. The van der Waals surface area contributed by atoms with Gasteiger partial charge in [-0.25, -0.2) is 0 Å². The summed E-state index contributed by atoms with van der Waals surface area (Å²) in [5.74, 6) is 3.25. The van der Waals surface area contributed by atoms with Gasteiger partial charge in [-0.2, -0.15) is 5.26 Å². The summed E-state index contributed by atoms with van der Waals surface area (Å²) in [4.78, 5) is 13.2. The van der Waals surface area contributed by atoms with Crippen molar-refractivity contribution in [3.05, 3.63) is 35.4 Å². The molecule has 5 rings (SSSR count). The van der Waals surface area contributed by atoms with Gasteiger partial charge in [-0.05, 0) is 67.9 Å². The Hall–Kier alpha value is -1.62. The second kappa shape index (κ2) is 4.44. The van der Waals surface area contributed by atoms with Crippen molar-refractivity contribution in [1.29, 1.82) is 5.26 Å². The van der Waals surface area contributed by atoms with Gasteiger partial charge in [-0.1, -0.05) is 19.1 Å². The Morgan fingerprint density at radius 3 is 2.05 bits per heavy atom. The minimum Gasteiger partial charge on any atom is -0.294 e. The zero-order valence-corrected chi connectivity index (χ0v) is 12.5. The van der Waals surface area contributed by atoms with Crippen LogP contribution in [0.15, 0.2) is 24.3 Å². The molecule has 0 radical (unpaired) electrons. The number of carbonyl (C=O) groups excluding carboxylic acids is 1. The monoisotopic (exact) mass is 279 g/mol. The van der Waals surface area contributed by atoms with Crippen molar-refractivity contribution in [1.82, 2.24) is 0 Å². The summed E-state index contributed by atoms with van der Waals surface area (Å²) in [6.45, 7) is 2.22. The van der Waals surface area contributed by atoms with E-state index in [0.29, 0.717) is 23.2 Å². The molecule has 0 spiro atoms. The fraction of sp³-hybridized carbons (Fsp3) is 0.579. The molecule has 4 aliphatic carbocycles. The average molecular weight is 279 g/mol. The van der Waals surface area contributed by atoms with Crippen molar-refractivity contribution in [2.75, 3.05) is 0 Å². The second-order valence-electron chi connectivity index (χ2n) is 7.61. The quantitative estimate of drug-likeness (QED) is 0.761. The molecule has 0 N–H and O–H groups in total. The molecule has 2 nitrogen and oxygen atoms in total. The molecule has 0 saturated heterocycles. The third-order valence-corrected chi connectivity index (χ3v) is 6.60. The summed E-state index contributed by atoms with van der Waals surface area (Å²) in [5.41, 5.74) is 1.26. The molecular formula is C19H21NO. The predicted molar refractivity (Wildman–Crippen MR) is 80.6 cm³/mol. The first kappa shape index (κ1) is 13.1. The molecule has 0 aliphatic heterocycles. The van der Waals surface area contributed by atoms with E-state index in [1.54, 1.807) is 12.1 Å². The maximum Gasteiger partial charge on any atom is 0.169 e. The molecule has 2 heteroatoms.